The number of amides is 2. The number of H-pyrrole nitrogens is 1. The number of pyridine rings is 1. The Kier molecular flexibility index (Phi) is 6.74. The van der Waals surface area contributed by atoms with Crippen LogP contribution in [0.3, 0.4) is 0 Å². The molecule has 8 nitrogen and oxygen atoms in total. The summed E-state index contributed by atoms with van der Waals surface area (Å²) in [6.45, 7) is 2.15. The van der Waals surface area contributed by atoms with Gasteiger partial charge in [-0.3, -0.25) is 24.6 Å². The molecular formula is C22H30N6O2. The maximum Gasteiger partial charge on any atom is 0.224 e. The second kappa shape index (κ2) is 9.84. The molecule has 2 fully saturated rings. The zero-order valence-corrected chi connectivity index (χ0v) is 17.2. The van der Waals surface area contributed by atoms with Crippen LogP contribution in [0, 0.1) is 5.92 Å². The number of aromatic nitrogens is 3. The van der Waals surface area contributed by atoms with Gasteiger partial charge < -0.3 is 10.6 Å². The number of nitrogens with zero attached hydrogens (tertiary/aromatic N) is 3. The third kappa shape index (κ3) is 5.89. The molecule has 1 aliphatic heterocycles. The Morgan fingerprint density at radius 3 is 2.53 bits per heavy atom. The van der Waals surface area contributed by atoms with Gasteiger partial charge in [-0.05, 0) is 55.4 Å². The number of carbonyl (C=O) groups excluding carboxylic acids is 2. The van der Waals surface area contributed by atoms with Crippen LogP contribution in [0.2, 0.25) is 0 Å². The van der Waals surface area contributed by atoms with E-state index >= 15 is 0 Å². The topological polar surface area (TPSA) is 103 Å². The molecule has 2 aliphatic rings. The Morgan fingerprint density at radius 2 is 1.80 bits per heavy atom. The summed E-state index contributed by atoms with van der Waals surface area (Å²) in [5.74, 6) is 0.847. The number of aromatic amines is 1. The summed E-state index contributed by atoms with van der Waals surface area (Å²) in [5, 5.41) is 12.8. The van der Waals surface area contributed by atoms with Gasteiger partial charge in [-0.2, -0.15) is 5.10 Å². The van der Waals surface area contributed by atoms with Crippen molar-refractivity contribution >= 4 is 11.8 Å². The molecule has 0 bridgehead atoms. The van der Waals surface area contributed by atoms with E-state index in [1.807, 2.05) is 18.2 Å². The summed E-state index contributed by atoms with van der Waals surface area (Å²) in [6.07, 6.45) is 10.5. The number of hydrogen-bond donors (Lipinski definition) is 3. The Balaban J connectivity index is 1.26. The Morgan fingerprint density at radius 1 is 1.00 bits per heavy atom. The molecule has 3 N–H and O–H groups in total. The molecule has 0 unspecified atom stereocenters. The largest absolute Gasteiger partial charge is 0.354 e. The van der Waals surface area contributed by atoms with Gasteiger partial charge >= 0.3 is 0 Å². The zero-order chi connectivity index (χ0) is 20.8. The van der Waals surface area contributed by atoms with Crippen molar-refractivity contribution in [3.05, 3.63) is 48.0 Å². The van der Waals surface area contributed by atoms with Gasteiger partial charge in [0.15, 0.2) is 0 Å². The van der Waals surface area contributed by atoms with Gasteiger partial charge in [-0.15, -0.1) is 0 Å². The first-order chi connectivity index (χ1) is 14.7. The SMILES string of the molecule is O=C(Cc1ccncc1)NC[C@@H]1CC[C@H](CC(=O)NCc2ccn[nH]2)N1CC1CC1. The molecular weight excluding hydrogens is 380 g/mol. The smallest absolute Gasteiger partial charge is 0.224 e. The Labute approximate surface area is 176 Å². The molecule has 4 rings (SSSR count). The third-order valence-electron chi connectivity index (χ3n) is 6.04. The minimum absolute atomic E-state index is 0.0355. The first-order valence-corrected chi connectivity index (χ1v) is 10.8. The van der Waals surface area contributed by atoms with Crippen LogP contribution in [0.5, 0.6) is 0 Å². The van der Waals surface area contributed by atoms with Gasteiger partial charge in [0.25, 0.3) is 0 Å². The predicted molar refractivity (Wildman–Crippen MR) is 112 cm³/mol. The quantitative estimate of drug-likeness (QED) is 0.550. The standard InChI is InChI=1S/C22H30N6O2/c29-21(11-16-5-8-23-9-6-16)25-14-20-4-3-19(28(20)15-17-1-2-17)12-22(30)24-13-18-7-10-26-27-18/h5-10,17,19-20H,1-4,11-15H2,(H,24,30)(H,25,29)(H,26,27)/t19-,20+/m1/s1. The van der Waals surface area contributed by atoms with E-state index in [-0.39, 0.29) is 17.9 Å². The van der Waals surface area contributed by atoms with Crippen molar-refractivity contribution in [2.75, 3.05) is 13.1 Å². The molecule has 1 saturated carbocycles. The molecule has 0 spiro atoms. The molecule has 0 radical (unpaired) electrons. The van der Waals surface area contributed by atoms with Crippen LogP contribution in [0.15, 0.2) is 36.8 Å². The van der Waals surface area contributed by atoms with E-state index in [4.69, 9.17) is 0 Å². The van der Waals surface area contributed by atoms with Crippen LogP contribution in [-0.2, 0) is 22.6 Å². The van der Waals surface area contributed by atoms with Crippen LogP contribution >= 0.6 is 0 Å². The van der Waals surface area contributed by atoms with Crippen LogP contribution in [-0.4, -0.2) is 57.1 Å². The zero-order valence-electron chi connectivity index (χ0n) is 17.2. The highest BCUT2D eigenvalue weighted by Gasteiger charge is 2.37. The fourth-order valence-electron chi connectivity index (χ4n) is 4.19. The van der Waals surface area contributed by atoms with E-state index in [0.29, 0.717) is 32.0 Å². The summed E-state index contributed by atoms with van der Waals surface area (Å²) < 4.78 is 0. The van der Waals surface area contributed by atoms with E-state index in [1.54, 1.807) is 18.6 Å². The second-order valence-corrected chi connectivity index (χ2v) is 8.42. The summed E-state index contributed by atoms with van der Waals surface area (Å²) in [6, 6.07) is 6.14. The van der Waals surface area contributed by atoms with Gasteiger partial charge in [0.05, 0.1) is 18.7 Å². The van der Waals surface area contributed by atoms with E-state index in [9.17, 15) is 9.59 Å². The molecule has 1 aliphatic carbocycles. The summed E-state index contributed by atoms with van der Waals surface area (Å²) in [4.78, 5) is 31.3. The Bertz CT molecular complexity index is 821. The lowest BCUT2D eigenvalue weighted by Crippen LogP contribution is -2.45. The molecule has 1 saturated heterocycles. The van der Waals surface area contributed by atoms with Gasteiger partial charge in [-0.25, -0.2) is 0 Å². The molecule has 2 aromatic heterocycles. The first-order valence-electron chi connectivity index (χ1n) is 10.8. The Hall–Kier alpha value is -2.74. The fraction of sp³-hybridized carbons (Fsp3) is 0.545. The van der Waals surface area contributed by atoms with Gasteiger partial charge in [-0.1, -0.05) is 0 Å². The molecule has 8 heteroatoms. The summed E-state index contributed by atoms with van der Waals surface area (Å²) >= 11 is 0. The normalized spacial score (nSPS) is 21.5. The van der Waals surface area contributed by atoms with Crippen molar-refractivity contribution in [3.8, 4) is 0 Å². The first kappa shape index (κ1) is 20.5. The van der Waals surface area contributed by atoms with Crippen molar-refractivity contribution < 1.29 is 9.59 Å². The maximum atomic E-state index is 12.5. The van der Waals surface area contributed by atoms with Crippen LogP contribution < -0.4 is 10.6 Å². The predicted octanol–water partition coefficient (Wildman–Crippen LogP) is 1.41. The highest BCUT2D eigenvalue weighted by atomic mass is 16.2. The molecule has 2 atom stereocenters. The lowest BCUT2D eigenvalue weighted by Gasteiger charge is -2.30. The number of likely N-dealkylation sites (tertiary alicyclic amines) is 1. The van der Waals surface area contributed by atoms with Crippen LogP contribution in [0.1, 0.15) is 43.4 Å². The number of rotatable bonds is 10. The maximum absolute atomic E-state index is 12.5. The molecule has 160 valence electrons. The van der Waals surface area contributed by atoms with Crippen molar-refractivity contribution in [2.45, 2.75) is 57.2 Å². The lowest BCUT2D eigenvalue weighted by atomic mass is 10.1. The number of hydrogen-bond acceptors (Lipinski definition) is 5. The number of carbonyl (C=O) groups is 2. The van der Waals surface area contributed by atoms with Crippen molar-refractivity contribution in [2.24, 2.45) is 5.92 Å². The fourth-order valence-corrected chi connectivity index (χ4v) is 4.19. The summed E-state index contributed by atoms with van der Waals surface area (Å²) in [5.41, 5.74) is 1.87. The van der Waals surface area contributed by atoms with E-state index < -0.39 is 0 Å². The average Bonchev–Trinajstić information content (AvgIpc) is 3.27. The number of nitrogens with one attached hydrogen (secondary N) is 3. The average molecular weight is 411 g/mol. The molecule has 0 aromatic carbocycles. The minimum Gasteiger partial charge on any atom is -0.354 e. The minimum atomic E-state index is 0.0355. The van der Waals surface area contributed by atoms with Crippen molar-refractivity contribution in [1.29, 1.82) is 0 Å². The molecule has 2 amide bonds. The molecule has 2 aromatic rings. The van der Waals surface area contributed by atoms with Crippen LogP contribution in [0.25, 0.3) is 0 Å². The summed E-state index contributed by atoms with van der Waals surface area (Å²) in [7, 11) is 0. The lowest BCUT2D eigenvalue weighted by molar-refractivity contribution is -0.123. The van der Waals surface area contributed by atoms with Gasteiger partial charge in [0.1, 0.15) is 0 Å². The highest BCUT2D eigenvalue weighted by molar-refractivity contribution is 5.78. The highest BCUT2D eigenvalue weighted by Crippen LogP contribution is 2.35. The van der Waals surface area contributed by atoms with Crippen molar-refractivity contribution in [3.63, 3.8) is 0 Å². The van der Waals surface area contributed by atoms with E-state index in [1.165, 1.54) is 12.8 Å². The van der Waals surface area contributed by atoms with Crippen LogP contribution in [0.4, 0.5) is 0 Å². The monoisotopic (exact) mass is 410 g/mol. The molecule has 3 heterocycles. The van der Waals surface area contributed by atoms with Gasteiger partial charge in [0, 0.05) is 50.2 Å². The van der Waals surface area contributed by atoms with E-state index in [0.717, 1.165) is 36.6 Å². The second-order valence-electron chi connectivity index (χ2n) is 8.42. The van der Waals surface area contributed by atoms with Gasteiger partial charge in [0.2, 0.25) is 11.8 Å². The van der Waals surface area contributed by atoms with Crippen molar-refractivity contribution in [1.82, 2.24) is 30.7 Å². The van der Waals surface area contributed by atoms with E-state index in [2.05, 4.69) is 30.7 Å². The third-order valence-corrected chi connectivity index (χ3v) is 6.04. The molecule has 30 heavy (non-hydrogen) atoms.